The zero-order chi connectivity index (χ0) is 25.6. The van der Waals surface area contributed by atoms with Crippen molar-refractivity contribution in [1.82, 2.24) is 19.8 Å². The molecule has 9 heteroatoms. The van der Waals surface area contributed by atoms with E-state index in [9.17, 15) is 4.79 Å². The second-order valence-electron chi connectivity index (χ2n) is 11.0. The number of anilines is 3. The van der Waals surface area contributed by atoms with Crippen LogP contribution in [0.1, 0.15) is 55.0 Å². The first-order valence-electron chi connectivity index (χ1n) is 13.9. The largest absolute Gasteiger partial charge is 0.485 e. The van der Waals surface area contributed by atoms with Gasteiger partial charge >= 0.3 is 0 Å². The van der Waals surface area contributed by atoms with Gasteiger partial charge in [-0.3, -0.25) is 14.7 Å². The molecule has 9 nitrogen and oxygen atoms in total. The Hall–Kier alpha value is -3.35. The molecule has 5 aliphatic rings. The molecule has 0 aromatic carbocycles. The predicted octanol–water partition coefficient (Wildman–Crippen LogP) is 2.85. The van der Waals surface area contributed by atoms with Crippen LogP contribution in [0, 0.1) is 11.8 Å². The minimum atomic E-state index is -0.0506. The van der Waals surface area contributed by atoms with Crippen LogP contribution in [0.4, 0.5) is 17.2 Å². The quantitative estimate of drug-likeness (QED) is 0.624. The molecule has 4 fully saturated rings. The van der Waals surface area contributed by atoms with E-state index in [2.05, 4.69) is 39.1 Å². The number of nitrogens with zero attached hydrogens (tertiary/aromatic N) is 5. The lowest BCUT2D eigenvalue weighted by molar-refractivity contribution is -0.124. The number of amides is 1. The second kappa shape index (κ2) is 9.75. The number of carbonyl (C=O) groups is 1. The van der Waals surface area contributed by atoms with Gasteiger partial charge in [-0.15, -0.1) is 0 Å². The molecule has 38 heavy (non-hydrogen) atoms. The first kappa shape index (κ1) is 23.7. The van der Waals surface area contributed by atoms with Crippen LogP contribution in [0.5, 0.6) is 5.75 Å². The van der Waals surface area contributed by atoms with Crippen molar-refractivity contribution in [2.24, 2.45) is 0 Å². The Morgan fingerprint density at radius 3 is 2.74 bits per heavy atom. The van der Waals surface area contributed by atoms with Gasteiger partial charge in [-0.1, -0.05) is 5.92 Å². The molecule has 1 amide bonds. The molecule has 2 aromatic rings. The number of likely N-dealkylation sites (tertiary alicyclic amines) is 2. The van der Waals surface area contributed by atoms with Gasteiger partial charge in [0, 0.05) is 74.7 Å². The molecular weight excluding hydrogens is 480 g/mol. The van der Waals surface area contributed by atoms with Crippen LogP contribution >= 0.6 is 0 Å². The number of hydrogen-bond donors (Lipinski definition) is 1. The van der Waals surface area contributed by atoms with Crippen LogP contribution in [0.15, 0.2) is 18.3 Å². The smallest absolute Gasteiger partial charge is 0.298 e. The fourth-order valence-corrected chi connectivity index (χ4v) is 6.17. The minimum absolute atomic E-state index is 0.0506. The van der Waals surface area contributed by atoms with Crippen molar-refractivity contribution in [3.05, 3.63) is 35.3 Å². The molecule has 1 N–H and O–H groups in total. The number of carbonyl (C=O) groups excluding carboxylic acids is 1. The molecule has 7 rings (SSSR count). The van der Waals surface area contributed by atoms with Crippen molar-refractivity contribution in [2.45, 2.75) is 50.7 Å². The van der Waals surface area contributed by atoms with Gasteiger partial charge in [0.1, 0.15) is 12.4 Å². The van der Waals surface area contributed by atoms with Crippen LogP contribution in [0.3, 0.4) is 0 Å². The molecule has 198 valence electrons. The van der Waals surface area contributed by atoms with E-state index in [1.807, 2.05) is 11.1 Å². The fourth-order valence-electron chi connectivity index (χ4n) is 6.17. The Bertz CT molecular complexity index is 1300. The molecule has 1 saturated carbocycles. The third kappa shape index (κ3) is 4.36. The van der Waals surface area contributed by atoms with Gasteiger partial charge in [0.25, 0.3) is 5.91 Å². The van der Waals surface area contributed by atoms with E-state index in [1.165, 1.54) is 18.5 Å². The summed E-state index contributed by atoms with van der Waals surface area (Å²) in [6.45, 7) is 8.93. The summed E-state index contributed by atoms with van der Waals surface area (Å²) in [6.07, 6.45) is 5.23. The summed E-state index contributed by atoms with van der Waals surface area (Å²) in [4.78, 5) is 28.8. The Morgan fingerprint density at radius 1 is 1.11 bits per heavy atom. The number of morpholine rings is 1. The maximum atomic E-state index is 12.2. The molecule has 0 bridgehead atoms. The van der Waals surface area contributed by atoms with Gasteiger partial charge in [0.05, 0.1) is 30.2 Å². The Balaban J connectivity index is 1.11. The molecule has 0 spiro atoms. The van der Waals surface area contributed by atoms with E-state index in [0.29, 0.717) is 24.5 Å². The first-order valence-corrected chi connectivity index (χ1v) is 13.9. The van der Waals surface area contributed by atoms with Crippen molar-refractivity contribution in [3.8, 4) is 17.6 Å². The SMILES string of the molecule is CC#CC(=O)N1CC[C@@H](N2CC(c3cc4c(c(C5CC5)n3)OCc3c(N5CCOCC5)ccnc3N4)C2)C1. The molecule has 6 heterocycles. The van der Waals surface area contributed by atoms with Crippen molar-refractivity contribution in [3.63, 3.8) is 0 Å². The Kier molecular flexibility index (Phi) is 6.09. The summed E-state index contributed by atoms with van der Waals surface area (Å²) in [5.74, 6) is 7.98. The molecule has 3 saturated heterocycles. The zero-order valence-corrected chi connectivity index (χ0v) is 21.9. The van der Waals surface area contributed by atoms with Crippen LogP contribution in [0.2, 0.25) is 0 Å². The normalized spacial score (nSPS) is 23.2. The van der Waals surface area contributed by atoms with E-state index in [-0.39, 0.29) is 5.91 Å². The van der Waals surface area contributed by atoms with Crippen molar-refractivity contribution >= 4 is 23.1 Å². The third-order valence-corrected chi connectivity index (χ3v) is 8.51. The van der Waals surface area contributed by atoms with E-state index in [4.69, 9.17) is 19.4 Å². The van der Waals surface area contributed by atoms with E-state index in [0.717, 1.165) is 93.1 Å². The van der Waals surface area contributed by atoms with Crippen LogP contribution in [0.25, 0.3) is 0 Å². The summed E-state index contributed by atoms with van der Waals surface area (Å²) < 4.78 is 12.1. The highest BCUT2D eigenvalue weighted by molar-refractivity contribution is 5.93. The second-order valence-corrected chi connectivity index (χ2v) is 11.0. The number of pyridine rings is 2. The lowest BCUT2D eigenvalue weighted by Crippen LogP contribution is -2.52. The molecule has 4 aliphatic heterocycles. The topological polar surface area (TPSA) is 83.1 Å². The minimum Gasteiger partial charge on any atom is -0.485 e. The van der Waals surface area contributed by atoms with E-state index < -0.39 is 0 Å². The standard InChI is InChI=1S/C29H34N6O3/c1-2-3-26(36)34-9-7-21(17-34)35-15-20(16-35)23-14-24-28(27(31-23)19-4-5-19)38-18-22-25(6-8-30-29(22)32-24)33-10-12-37-13-11-33/h6,8,14,19-21H,4-5,7,9-13,15-18H2,1H3,(H,30,32)/t21-/m1/s1. The van der Waals surface area contributed by atoms with Gasteiger partial charge in [-0.25, -0.2) is 4.98 Å². The van der Waals surface area contributed by atoms with Gasteiger partial charge in [-0.05, 0) is 44.2 Å². The maximum Gasteiger partial charge on any atom is 0.298 e. The zero-order valence-electron chi connectivity index (χ0n) is 21.9. The predicted molar refractivity (Wildman–Crippen MR) is 144 cm³/mol. The number of aromatic nitrogens is 2. The van der Waals surface area contributed by atoms with Crippen molar-refractivity contribution < 1.29 is 14.3 Å². The maximum absolute atomic E-state index is 12.2. The summed E-state index contributed by atoms with van der Waals surface area (Å²) in [5, 5.41) is 3.64. The lowest BCUT2D eigenvalue weighted by Gasteiger charge is -2.43. The Morgan fingerprint density at radius 2 is 1.95 bits per heavy atom. The number of hydrogen-bond acceptors (Lipinski definition) is 8. The van der Waals surface area contributed by atoms with Crippen LogP contribution < -0.4 is 15.0 Å². The van der Waals surface area contributed by atoms with Crippen LogP contribution in [-0.2, 0) is 16.1 Å². The van der Waals surface area contributed by atoms with E-state index in [1.54, 1.807) is 6.92 Å². The first-order chi connectivity index (χ1) is 18.7. The summed E-state index contributed by atoms with van der Waals surface area (Å²) in [5.41, 5.74) is 5.48. The molecule has 2 aromatic heterocycles. The molecular formula is C29H34N6O3. The monoisotopic (exact) mass is 514 g/mol. The molecule has 0 radical (unpaired) electrons. The van der Waals surface area contributed by atoms with Crippen molar-refractivity contribution in [1.29, 1.82) is 0 Å². The highest BCUT2D eigenvalue weighted by Crippen LogP contribution is 2.49. The lowest BCUT2D eigenvalue weighted by atomic mass is 9.92. The highest BCUT2D eigenvalue weighted by atomic mass is 16.5. The van der Waals surface area contributed by atoms with Gasteiger partial charge in [0.15, 0.2) is 5.75 Å². The fraction of sp³-hybridized carbons (Fsp3) is 0.552. The summed E-state index contributed by atoms with van der Waals surface area (Å²) in [6, 6.07) is 4.68. The number of rotatable bonds is 4. The number of nitrogens with one attached hydrogen (secondary N) is 1. The van der Waals surface area contributed by atoms with Gasteiger partial charge in [0.2, 0.25) is 0 Å². The molecule has 0 unspecified atom stereocenters. The number of ether oxygens (including phenoxy) is 2. The molecule has 1 aliphatic carbocycles. The van der Waals surface area contributed by atoms with Crippen molar-refractivity contribution in [2.75, 3.05) is 62.7 Å². The average molecular weight is 515 g/mol. The van der Waals surface area contributed by atoms with Gasteiger partial charge in [-0.2, -0.15) is 0 Å². The third-order valence-electron chi connectivity index (χ3n) is 8.51. The Labute approximate surface area is 223 Å². The average Bonchev–Trinajstić information content (AvgIpc) is 3.68. The highest BCUT2D eigenvalue weighted by Gasteiger charge is 2.40. The van der Waals surface area contributed by atoms with E-state index >= 15 is 0 Å². The van der Waals surface area contributed by atoms with Crippen LogP contribution in [-0.4, -0.2) is 84.2 Å². The van der Waals surface area contributed by atoms with Gasteiger partial charge < -0.3 is 24.6 Å². The molecule has 1 atom stereocenters. The summed E-state index contributed by atoms with van der Waals surface area (Å²) in [7, 11) is 0. The summed E-state index contributed by atoms with van der Waals surface area (Å²) >= 11 is 0. The number of fused-ring (bicyclic) bond motifs is 2.